The summed E-state index contributed by atoms with van der Waals surface area (Å²) in [4.78, 5) is 17.6. The standard InChI is InChI=1S/C8H9N3OS2/c1-3-4(2)14-6-5(3)7(12)11(9)8(13)10-6/h9H2,1-2H3,(H,10,13)/p-1. The molecule has 0 aromatic carbocycles. The van der Waals surface area contributed by atoms with Gasteiger partial charge in [-0.15, -0.1) is 11.3 Å². The highest BCUT2D eigenvalue weighted by atomic mass is 32.1. The number of hydrogen-bond acceptors (Lipinski definition) is 5. The maximum atomic E-state index is 11.7. The molecule has 2 N–H and O–H groups in total. The molecule has 0 fully saturated rings. The second-order valence-electron chi connectivity index (χ2n) is 3.03. The number of fused-ring (bicyclic) bond motifs is 1. The van der Waals surface area contributed by atoms with Crippen molar-refractivity contribution in [2.75, 3.05) is 5.84 Å². The molecule has 0 bridgehead atoms. The number of aromatic nitrogens is 2. The summed E-state index contributed by atoms with van der Waals surface area (Å²) in [5.41, 5.74) is 0.679. The normalized spacial score (nSPS) is 11.0. The Bertz CT molecular complexity index is 570. The molecule has 0 saturated heterocycles. The van der Waals surface area contributed by atoms with Gasteiger partial charge in [-0.3, -0.25) is 4.79 Å². The van der Waals surface area contributed by atoms with Gasteiger partial charge in [0.1, 0.15) is 4.83 Å². The summed E-state index contributed by atoms with van der Waals surface area (Å²) in [6.45, 7) is 3.84. The fourth-order valence-electron chi connectivity index (χ4n) is 1.29. The molecular formula is C8H8N3OS2-. The third-order valence-corrected chi connectivity index (χ3v) is 3.59. The van der Waals surface area contributed by atoms with Crippen molar-refractivity contribution in [1.82, 2.24) is 9.66 Å². The third kappa shape index (κ3) is 1.11. The van der Waals surface area contributed by atoms with Crippen LogP contribution >= 0.6 is 11.3 Å². The van der Waals surface area contributed by atoms with E-state index in [0.717, 1.165) is 15.1 Å². The lowest BCUT2D eigenvalue weighted by atomic mass is 10.2. The molecule has 0 atom stereocenters. The largest absolute Gasteiger partial charge is 0.740 e. The van der Waals surface area contributed by atoms with Crippen molar-refractivity contribution in [3.63, 3.8) is 0 Å². The molecule has 0 aliphatic heterocycles. The van der Waals surface area contributed by atoms with Crippen molar-refractivity contribution < 1.29 is 0 Å². The maximum Gasteiger partial charge on any atom is 0.279 e. The van der Waals surface area contributed by atoms with Gasteiger partial charge in [0.25, 0.3) is 5.56 Å². The second-order valence-corrected chi connectivity index (χ2v) is 4.60. The molecule has 4 nitrogen and oxygen atoms in total. The Morgan fingerprint density at radius 2 is 2.14 bits per heavy atom. The van der Waals surface area contributed by atoms with Crippen LogP contribution in [0.4, 0.5) is 0 Å². The number of hydrogen-bond donors (Lipinski definition) is 1. The number of rotatable bonds is 0. The Morgan fingerprint density at radius 3 is 2.79 bits per heavy atom. The van der Waals surface area contributed by atoms with Gasteiger partial charge in [-0.2, -0.15) is 0 Å². The van der Waals surface area contributed by atoms with Gasteiger partial charge < -0.3 is 18.5 Å². The molecule has 14 heavy (non-hydrogen) atoms. The van der Waals surface area contributed by atoms with E-state index in [4.69, 9.17) is 18.5 Å². The second kappa shape index (κ2) is 2.93. The van der Waals surface area contributed by atoms with Gasteiger partial charge in [0.2, 0.25) is 0 Å². The average molecular weight is 226 g/mol. The number of aryl methyl sites for hydroxylation is 2. The molecule has 0 amide bonds. The minimum atomic E-state index is -0.262. The minimum Gasteiger partial charge on any atom is -0.740 e. The van der Waals surface area contributed by atoms with Crippen molar-refractivity contribution in [3.8, 4) is 0 Å². The Kier molecular flexibility index (Phi) is 1.97. The van der Waals surface area contributed by atoms with E-state index in [1.165, 1.54) is 11.3 Å². The lowest BCUT2D eigenvalue weighted by Gasteiger charge is -2.09. The van der Waals surface area contributed by atoms with E-state index in [-0.39, 0.29) is 10.7 Å². The molecule has 6 heteroatoms. The topological polar surface area (TPSA) is 60.9 Å². The van der Waals surface area contributed by atoms with E-state index in [0.29, 0.717) is 10.2 Å². The molecule has 2 aromatic heterocycles. The van der Waals surface area contributed by atoms with Gasteiger partial charge in [-0.05, 0) is 19.4 Å². The third-order valence-electron chi connectivity index (χ3n) is 2.20. The highest BCUT2D eigenvalue weighted by molar-refractivity contribution is 7.58. The predicted octanol–water partition coefficient (Wildman–Crippen LogP) is 0.694. The molecule has 0 radical (unpaired) electrons. The number of nitrogen functional groups attached to an aromatic ring is 1. The summed E-state index contributed by atoms with van der Waals surface area (Å²) in [5.74, 6) is 5.47. The van der Waals surface area contributed by atoms with E-state index in [1.54, 1.807) is 0 Å². The monoisotopic (exact) mass is 226 g/mol. The summed E-state index contributed by atoms with van der Waals surface area (Å²) in [5, 5.41) is 0.715. The lowest BCUT2D eigenvalue weighted by molar-refractivity contribution is 0.784. The van der Waals surface area contributed by atoms with Gasteiger partial charge in [0.05, 0.1) is 5.39 Å². The Morgan fingerprint density at radius 1 is 1.50 bits per heavy atom. The predicted molar refractivity (Wildman–Crippen MR) is 59.1 cm³/mol. The summed E-state index contributed by atoms with van der Waals surface area (Å²) in [7, 11) is 0. The van der Waals surface area contributed by atoms with Crippen molar-refractivity contribution in [3.05, 3.63) is 20.8 Å². The minimum absolute atomic E-state index is 0.128. The SMILES string of the molecule is Cc1sc2nc([S-])n(N)c(=O)c2c1C. The van der Waals surface area contributed by atoms with Crippen LogP contribution in [-0.2, 0) is 12.6 Å². The first-order chi connectivity index (χ1) is 6.52. The molecule has 0 spiro atoms. The summed E-state index contributed by atoms with van der Waals surface area (Å²) < 4.78 is 0.914. The van der Waals surface area contributed by atoms with Gasteiger partial charge in [-0.25, -0.2) is 9.66 Å². The summed E-state index contributed by atoms with van der Waals surface area (Å²) in [6.07, 6.45) is 0. The Balaban J connectivity index is 3.07. The summed E-state index contributed by atoms with van der Waals surface area (Å²) in [6, 6.07) is 0. The smallest absolute Gasteiger partial charge is 0.279 e. The van der Waals surface area contributed by atoms with Crippen LogP contribution in [0.3, 0.4) is 0 Å². The van der Waals surface area contributed by atoms with Crippen LogP contribution in [0.1, 0.15) is 10.4 Å². The molecule has 0 aliphatic carbocycles. The van der Waals surface area contributed by atoms with E-state index >= 15 is 0 Å². The highest BCUT2D eigenvalue weighted by Gasteiger charge is 2.10. The van der Waals surface area contributed by atoms with Crippen molar-refractivity contribution in [2.45, 2.75) is 19.0 Å². The molecular weight excluding hydrogens is 218 g/mol. The van der Waals surface area contributed by atoms with Crippen LogP contribution in [0.25, 0.3) is 10.2 Å². The van der Waals surface area contributed by atoms with E-state index in [1.807, 2.05) is 13.8 Å². The first-order valence-corrected chi connectivity index (χ1v) is 5.19. The zero-order valence-corrected chi connectivity index (χ0v) is 9.33. The molecule has 2 rings (SSSR count). The van der Waals surface area contributed by atoms with Crippen molar-refractivity contribution in [2.24, 2.45) is 0 Å². The van der Waals surface area contributed by atoms with E-state index < -0.39 is 0 Å². The number of nitrogens with two attached hydrogens (primary N) is 1. The van der Waals surface area contributed by atoms with Gasteiger partial charge >= 0.3 is 0 Å². The molecule has 0 saturated carbocycles. The highest BCUT2D eigenvalue weighted by Crippen LogP contribution is 2.25. The molecule has 74 valence electrons. The molecule has 0 unspecified atom stereocenters. The zero-order valence-electron chi connectivity index (χ0n) is 7.70. The molecule has 2 aromatic rings. The fraction of sp³-hybridized carbons (Fsp3) is 0.250. The van der Waals surface area contributed by atoms with Gasteiger partial charge in [0, 0.05) is 10.0 Å². The average Bonchev–Trinajstić information content (AvgIpc) is 2.39. The van der Waals surface area contributed by atoms with E-state index in [9.17, 15) is 4.79 Å². The Labute approximate surface area is 89.8 Å². The van der Waals surface area contributed by atoms with Crippen molar-refractivity contribution >= 4 is 34.2 Å². The van der Waals surface area contributed by atoms with Crippen LogP contribution in [0.15, 0.2) is 9.95 Å². The molecule has 0 aliphatic rings. The number of nitrogens with zero attached hydrogens (tertiary/aromatic N) is 2. The molecule has 2 heterocycles. The van der Waals surface area contributed by atoms with Crippen molar-refractivity contribution in [1.29, 1.82) is 0 Å². The van der Waals surface area contributed by atoms with Gasteiger partial charge in [0.15, 0.2) is 0 Å². The first-order valence-electron chi connectivity index (χ1n) is 3.97. The maximum absolute atomic E-state index is 11.7. The van der Waals surface area contributed by atoms with Crippen LogP contribution < -0.4 is 11.4 Å². The van der Waals surface area contributed by atoms with Gasteiger partial charge in [-0.1, -0.05) is 0 Å². The first kappa shape index (κ1) is 9.42. The number of thiophene rings is 1. The van der Waals surface area contributed by atoms with Crippen LogP contribution in [0.5, 0.6) is 0 Å². The van der Waals surface area contributed by atoms with Crippen LogP contribution in [-0.4, -0.2) is 9.66 Å². The van der Waals surface area contributed by atoms with E-state index in [2.05, 4.69) is 4.98 Å². The summed E-state index contributed by atoms with van der Waals surface area (Å²) >= 11 is 6.32. The zero-order chi connectivity index (χ0) is 10.5. The fourth-order valence-corrected chi connectivity index (χ4v) is 2.54. The van der Waals surface area contributed by atoms with Crippen LogP contribution in [0.2, 0.25) is 0 Å². The quantitative estimate of drug-likeness (QED) is 0.408. The lowest BCUT2D eigenvalue weighted by Crippen LogP contribution is -2.29. The van der Waals surface area contributed by atoms with Crippen LogP contribution in [0, 0.1) is 13.8 Å². The Hall–Kier alpha value is -1.14.